The molecule has 0 saturated heterocycles. The van der Waals surface area contributed by atoms with Crippen molar-refractivity contribution in [2.24, 2.45) is 10.9 Å². The zero-order valence-electron chi connectivity index (χ0n) is 9.04. The molecule has 0 bridgehead atoms. The predicted molar refractivity (Wildman–Crippen MR) is 62.8 cm³/mol. The summed E-state index contributed by atoms with van der Waals surface area (Å²) in [4.78, 5) is 0. The molecular formula is C10H10BrF3N2O2. The quantitative estimate of drug-likeness (QED) is 0.387. The van der Waals surface area contributed by atoms with Gasteiger partial charge in [-0.05, 0) is 18.2 Å². The van der Waals surface area contributed by atoms with E-state index in [0.29, 0.717) is 4.47 Å². The van der Waals surface area contributed by atoms with Crippen molar-refractivity contribution in [1.29, 1.82) is 0 Å². The second kappa shape index (κ2) is 5.94. The van der Waals surface area contributed by atoms with E-state index in [2.05, 4.69) is 21.1 Å². The van der Waals surface area contributed by atoms with Crippen LogP contribution < -0.4 is 10.5 Å². The SMILES string of the molecule is N/C(=N/O)c1cc(Br)ccc1OCCC(F)(F)F. The molecule has 0 radical (unpaired) electrons. The van der Waals surface area contributed by atoms with E-state index in [1.165, 1.54) is 12.1 Å². The van der Waals surface area contributed by atoms with Gasteiger partial charge in [0.25, 0.3) is 0 Å². The number of ether oxygens (including phenoxy) is 1. The molecule has 0 aliphatic carbocycles. The van der Waals surface area contributed by atoms with Gasteiger partial charge in [0, 0.05) is 4.47 Å². The second-order valence-corrected chi connectivity index (χ2v) is 4.26. The van der Waals surface area contributed by atoms with E-state index in [1.54, 1.807) is 6.07 Å². The molecule has 1 rings (SSSR count). The monoisotopic (exact) mass is 326 g/mol. The summed E-state index contributed by atoms with van der Waals surface area (Å²) in [6.45, 7) is -0.531. The largest absolute Gasteiger partial charge is 0.492 e. The number of hydrogen-bond donors (Lipinski definition) is 2. The van der Waals surface area contributed by atoms with Crippen LogP contribution in [-0.2, 0) is 0 Å². The van der Waals surface area contributed by atoms with E-state index >= 15 is 0 Å². The van der Waals surface area contributed by atoms with Gasteiger partial charge in [0.05, 0.1) is 18.6 Å². The fourth-order valence-corrected chi connectivity index (χ4v) is 1.52. The number of rotatable bonds is 4. The van der Waals surface area contributed by atoms with Crippen molar-refractivity contribution >= 4 is 21.8 Å². The number of alkyl halides is 3. The first-order valence-corrected chi connectivity index (χ1v) is 5.60. The van der Waals surface area contributed by atoms with E-state index in [4.69, 9.17) is 15.7 Å². The summed E-state index contributed by atoms with van der Waals surface area (Å²) in [5.74, 6) is -0.115. The van der Waals surface area contributed by atoms with Crippen molar-refractivity contribution in [2.45, 2.75) is 12.6 Å². The van der Waals surface area contributed by atoms with Gasteiger partial charge in [0.1, 0.15) is 5.75 Å². The number of nitrogens with zero attached hydrogens (tertiary/aromatic N) is 1. The van der Waals surface area contributed by atoms with Crippen LogP contribution in [0.2, 0.25) is 0 Å². The Morgan fingerprint density at radius 3 is 2.67 bits per heavy atom. The summed E-state index contributed by atoms with van der Waals surface area (Å²) in [6.07, 6.45) is -5.36. The maximum atomic E-state index is 12.0. The molecule has 18 heavy (non-hydrogen) atoms. The summed E-state index contributed by atoms with van der Waals surface area (Å²) in [6, 6.07) is 4.50. The lowest BCUT2D eigenvalue weighted by Crippen LogP contribution is -2.17. The highest BCUT2D eigenvalue weighted by atomic mass is 79.9. The topological polar surface area (TPSA) is 67.8 Å². The van der Waals surface area contributed by atoms with Gasteiger partial charge in [-0.1, -0.05) is 21.1 Å². The minimum absolute atomic E-state index is 0.123. The molecule has 8 heteroatoms. The van der Waals surface area contributed by atoms with Crippen LogP contribution in [0.5, 0.6) is 5.75 Å². The van der Waals surface area contributed by atoms with E-state index in [-0.39, 0.29) is 17.1 Å². The van der Waals surface area contributed by atoms with E-state index in [1.807, 2.05) is 0 Å². The molecule has 0 atom stereocenters. The number of oxime groups is 1. The van der Waals surface area contributed by atoms with Gasteiger partial charge in [0.15, 0.2) is 5.84 Å². The van der Waals surface area contributed by atoms with Crippen molar-refractivity contribution in [3.8, 4) is 5.75 Å². The first-order valence-electron chi connectivity index (χ1n) is 4.80. The summed E-state index contributed by atoms with van der Waals surface area (Å²) < 4.78 is 41.5. The van der Waals surface area contributed by atoms with Gasteiger partial charge < -0.3 is 15.7 Å². The molecule has 4 nitrogen and oxygen atoms in total. The summed E-state index contributed by atoms with van der Waals surface area (Å²) in [7, 11) is 0. The molecule has 100 valence electrons. The van der Waals surface area contributed by atoms with Crippen LogP contribution in [0.15, 0.2) is 27.8 Å². The summed E-state index contributed by atoms with van der Waals surface area (Å²) >= 11 is 3.17. The lowest BCUT2D eigenvalue weighted by molar-refractivity contribution is -0.139. The molecule has 0 amide bonds. The van der Waals surface area contributed by atoms with Crippen LogP contribution >= 0.6 is 15.9 Å². The van der Waals surface area contributed by atoms with Crippen molar-refractivity contribution in [1.82, 2.24) is 0 Å². The average molecular weight is 327 g/mol. The van der Waals surface area contributed by atoms with E-state index in [9.17, 15) is 13.2 Å². The molecule has 0 aliphatic rings. The lowest BCUT2D eigenvalue weighted by atomic mass is 10.2. The molecule has 0 spiro atoms. The van der Waals surface area contributed by atoms with Crippen LogP contribution in [0.25, 0.3) is 0 Å². The Bertz CT molecular complexity index is 449. The van der Waals surface area contributed by atoms with Crippen LogP contribution in [-0.4, -0.2) is 23.8 Å². The Morgan fingerprint density at radius 1 is 1.44 bits per heavy atom. The number of benzene rings is 1. The van der Waals surface area contributed by atoms with Gasteiger partial charge >= 0.3 is 6.18 Å². The van der Waals surface area contributed by atoms with Crippen molar-refractivity contribution < 1.29 is 23.1 Å². The molecule has 1 aromatic rings. The maximum absolute atomic E-state index is 12.0. The Kier molecular flexibility index (Phi) is 4.83. The molecule has 0 fully saturated rings. The van der Waals surface area contributed by atoms with Gasteiger partial charge in [-0.25, -0.2) is 0 Å². The van der Waals surface area contributed by atoms with E-state index < -0.39 is 19.2 Å². The Labute approximate surface area is 109 Å². The van der Waals surface area contributed by atoms with Gasteiger partial charge in [0.2, 0.25) is 0 Å². The molecule has 0 aliphatic heterocycles. The second-order valence-electron chi connectivity index (χ2n) is 3.34. The maximum Gasteiger partial charge on any atom is 0.392 e. The first kappa shape index (κ1) is 14.6. The Morgan fingerprint density at radius 2 is 2.11 bits per heavy atom. The van der Waals surface area contributed by atoms with Gasteiger partial charge in [-0.2, -0.15) is 13.2 Å². The van der Waals surface area contributed by atoms with Crippen LogP contribution in [0, 0.1) is 0 Å². The Balaban J connectivity index is 2.82. The van der Waals surface area contributed by atoms with Gasteiger partial charge in [-0.15, -0.1) is 0 Å². The fourth-order valence-electron chi connectivity index (χ4n) is 1.16. The Hall–Kier alpha value is -1.44. The van der Waals surface area contributed by atoms with E-state index in [0.717, 1.165) is 0 Å². The van der Waals surface area contributed by atoms with Crippen molar-refractivity contribution in [3.05, 3.63) is 28.2 Å². The zero-order chi connectivity index (χ0) is 13.8. The first-order chi connectivity index (χ1) is 8.33. The normalized spacial score (nSPS) is 12.6. The van der Waals surface area contributed by atoms with Gasteiger partial charge in [-0.3, -0.25) is 0 Å². The van der Waals surface area contributed by atoms with Crippen LogP contribution in [0.1, 0.15) is 12.0 Å². The minimum atomic E-state index is -4.29. The van der Waals surface area contributed by atoms with Crippen molar-refractivity contribution in [3.63, 3.8) is 0 Å². The third kappa shape index (κ3) is 4.44. The highest BCUT2D eigenvalue weighted by molar-refractivity contribution is 9.10. The standard InChI is InChI=1S/C10H10BrF3N2O2/c11-6-1-2-8(7(5-6)9(15)16-17)18-4-3-10(12,13)14/h1-2,5,17H,3-4H2,(H2,15,16). The van der Waals surface area contributed by atoms with Crippen LogP contribution in [0.4, 0.5) is 13.2 Å². The molecule has 0 heterocycles. The third-order valence-electron chi connectivity index (χ3n) is 1.97. The summed E-state index contributed by atoms with van der Waals surface area (Å²) in [5, 5.41) is 11.4. The number of nitrogens with two attached hydrogens (primary N) is 1. The highest BCUT2D eigenvalue weighted by Gasteiger charge is 2.27. The highest BCUT2D eigenvalue weighted by Crippen LogP contribution is 2.25. The average Bonchev–Trinajstić information content (AvgIpc) is 2.28. The summed E-state index contributed by atoms with van der Waals surface area (Å²) in [5.41, 5.74) is 5.62. The molecular weight excluding hydrogens is 317 g/mol. The predicted octanol–water partition coefficient (Wildman–Crippen LogP) is 2.87. The molecule has 1 aromatic carbocycles. The zero-order valence-corrected chi connectivity index (χ0v) is 10.6. The molecule has 0 unspecified atom stereocenters. The molecule has 0 saturated carbocycles. The number of halogens is 4. The van der Waals surface area contributed by atoms with Crippen molar-refractivity contribution in [2.75, 3.05) is 6.61 Å². The molecule has 0 aromatic heterocycles. The smallest absolute Gasteiger partial charge is 0.392 e. The fraction of sp³-hybridized carbons (Fsp3) is 0.300. The third-order valence-corrected chi connectivity index (χ3v) is 2.46. The number of amidine groups is 1. The number of hydrogen-bond acceptors (Lipinski definition) is 3. The minimum Gasteiger partial charge on any atom is -0.492 e. The van der Waals surface area contributed by atoms with Crippen LogP contribution in [0.3, 0.4) is 0 Å². The lowest BCUT2D eigenvalue weighted by Gasteiger charge is -2.12. The molecule has 3 N–H and O–H groups in total.